The van der Waals surface area contributed by atoms with Crippen LogP contribution in [0.5, 0.6) is 0 Å². The van der Waals surface area contributed by atoms with E-state index in [1.807, 2.05) is 30.5 Å². The van der Waals surface area contributed by atoms with Crippen LogP contribution in [0.15, 0.2) is 29.3 Å². The molecule has 3 nitrogen and oxygen atoms in total. The molecule has 2 rings (SSSR count). The first kappa shape index (κ1) is 12.7. The predicted molar refractivity (Wildman–Crippen MR) is 77.0 cm³/mol. The van der Waals surface area contributed by atoms with Gasteiger partial charge in [0.25, 0.3) is 0 Å². The smallest absolute Gasteiger partial charge is 0.116 e. The Bertz CT molecular complexity index is 602. The second-order valence-electron chi connectivity index (χ2n) is 3.93. The van der Waals surface area contributed by atoms with Gasteiger partial charge in [-0.05, 0) is 18.7 Å². The Balaban J connectivity index is 2.70. The van der Waals surface area contributed by atoms with Gasteiger partial charge in [0.05, 0.1) is 11.2 Å². The molecule has 0 saturated carbocycles. The van der Waals surface area contributed by atoms with E-state index in [-0.39, 0.29) is 0 Å². The first-order valence-electron chi connectivity index (χ1n) is 5.92. The average Bonchev–Trinajstić information content (AvgIpc) is 2.43. The molecule has 0 spiro atoms. The number of fused-ring (bicyclic) bond motifs is 1. The highest BCUT2D eigenvalue weighted by Crippen LogP contribution is 2.31. The Labute approximate surface area is 111 Å². The fourth-order valence-corrected chi connectivity index (χ4v) is 2.42. The number of thioether (sulfide) groups is 1. The Morgan fingerprint density at radius 1 is 1.39 bits per heavy atom. The average molecular weight is 257 g/mol. The van der Waals surface area contributed by atoms with E-state index < -0.39 is 0 Å². The molecular weight excluding hydrogens is 242 g/mol. The summed E-state index contributed by atoms with van der Waals surface area (Å²) < 4.78 is 0. The van der Waals surface area contributed by atoms with Crippen LogP contribution in [0, 0.1) is 11.3 Å². The second-order valence-corrected chi connectivity index (χ2v) is 4.72. The zero-order valence-electron chi connectivity index (χ0n) is 10.5. The van der Waals surface area contributed by atoms with Crippen molar-refractivity contribution >= 4 is 28.4 Å². The number of pyridine rings is 1. The summed E-state index contributed by atoms with van der Waals surface area (Å²) in [5.74, 6) is 0. The van der Waals surface area contributed by atoms with E-state index in [1.165, 1.54) is 11.8 Å². The van der Waals surface area contributed by atoms with Crippen LogP contribution in [-0.2, 0) is 0 Å². The standard InChI is InChI=1S/C14H15N3S/c1-3-8-16-13-10-6-4-5-7-12(10)17-14(18-2)11(13)9-15/h4-7H,3,8H2,1-2H3,(H,16,17). The van der Waals surface area contributed by atoms with Crippen LogP contribution in [0.3, 0.4) is 0 Å². The number of nitriles is 1. The molecule has 0 radical (unpaired) electrons. The molecule has 1 N–H and O–H groups in total. The molecule has 0 bridgehead atoms. The number of hydrogen-bond donors (Lipinski definition) is 1. The number of benzene rings is 1. The first-order valence-corrected chi connectivity index (χ1v) is 7.15. The molecule has 0 amide bonds. The normalized spacial score (nSPS) is 10.3. The lowest BCUT2D eigenvalue weighted by Crippen LogP contribution is -2.04. The van der Waals surface area contributed by atoms with Crippen LogP contribution in [0.2, 0.25) is 0 Å². The third-order valence-corrected chi connectivity index (χ3v) is 3.40. The van der Waals surface area contributed by atoms with Crippen molar-refractivity contribution in [3.8, 4) is 6.07 Å². The van der Waals surface area contributed by atoms with Gasteiger partial charge in [0, 0.05) is 11.9 Å². The molecular formula is C14H15N3S. The van der Waals surface area contributed by atoms with E-state index in [0.29, 0.717) is 5.56 Å². The predicted octanol–water partition coefficient (Wildman–Crippen LogP) is 3.65. The maximum absolute atomic E-state index is 9.35. The van der Waals surface area contributed by atoms with Gasteiger partial charge in [-0.1, -0.05) is 25.1 Å². The highest BCUT2D eigenvalue weighted by Gasteiger charge is 2.13. The molecule has 0 fully saturated rings. The van der Waals surface area contributed by atoms with Gasteiger partial charge in [-0.3, -0.25) is 0 Å². The van der Waals surface area contributed by atoms with Gasteiger partial charge in [-0.25, -0.2) is 4.98 Å². The SMILES string of the molecule is CCCNc1c(C#N)c(SC)nc2ccccc12. The minimum atomic E-state index is 0.648. The molecule has 2 aromatic rings. The lowest BCUT2D eigenvalue weighted by Gasteiger charge is -2.13. The van der Waals surface area contributed by atoms with Crippen molar-refractivity contribution in [3.63, 3.8) is 0 Å². The zero-order valence-corrected chi connectivity index (χ0v) is 11.3. The van der Waals surface area contributed by atoms with E-state index in [2.05, 4.69) is 23.3 Å². The molecule has 1 aromatic carbocycles. The van der Waals surface area contributed by atoms with Crippen LogP contribution in [0.4, 0.5) is 5.69 Å². The zero-order chi connectivity index (χ0) is 13.0. The summed E-state index contributed by atoms with van der Waals surface area (Å²) in [7, 11) is 0. The third-order valence-electron chi connectivity index (χ3n) is 2.72. The van der Waals surface area contributed by atoms with Crippen LogP contribution in [0.25, 0.3) is 10.9 Å². The number of para-hydroxylation sites is 1. The molecule has 4 heteroatoms. The van der Waals surface area contributed by atoms with Crippen LogP contribution >= 0.6 is 11.8 Å². The summed E-state index contributed by atoms with van der Waals surface area (Å²) in [6.07, 6.45) is 2.97. The maximum atomic E-state index is 9.35. The van der Waals surface area contributed by atoms with Crippen molar-refractivity contribution in [1.82, 2.24) is 4.98 Å². The summed E-state index contributed by atoms with van der Waals surface area (Å²) in [6.45, 7) is 2.97. The number of anilines is 1. The van der Waals surface area contributed by atoms with Gasteiger partial charge in [0.15, 0.2) is 0 Å². The van der Waals surface area contributed by atoms with Crippen molar-refractivity contribution in [2.24, 2.45) is 0 Å². The van der Waals surface area contributed by atoms with Crippen LogP contribution < -0.4 is 5.32 Å². The summed E-state index contributed by atoms with van der Waals surface area (Å²) in [6, 6.07) is 10.2. The monoisotopic (exact) mass is 257 g/mol. The third kappa shape index (κ3) is 2.27. The minimum absolute atomic E-state index is 0.648. The molecule has 18 heavy (non-hydrogen) atoms. The summed E-state index contributed by atoms with van der Waals surface area (Å²) in [5.41, 5.74) is 2.49. The highest BCUT2D eigenvalue weighted by molar-refractivity contribution is 7.98. The van der Waals surface area contributed by atoms with Crippen LogP contribution in [-0.4, -0.2) is 17.8 Å². The van der Waals surface area contributed by atoms with Crippen LogP contribution in [0.1, 0.15) is 18.9 Å². The van der Waals surface area contributed by atoms with E-state index >= 15 is 0 Å². The van der Waals surface area contributed by atoms with Crippen molar-refractivity contribution in [2.45, 2.75) is 18.4 Å². The molecule has 0 saturated heterocycles. The lowest BCUT2D eigenvalue weighted by molar-refractivity contribution is 0.977. The number of rotatable bonds is 4. The van der Waals surface area contributed by atoms with Crippen molar-refractivity contribution < 1.29 is 0 Å². The fraction of sp³-hybridized carbons (Fsp3) is 0.286. The quantitative estimate of drug-likeness (QED) is 0.849. The number of hydrogen-bond acceptors (Lipinski definition) is 4. The molecule has 0 unspecified atom stereocenters. The van der Waals surface area contributed by atoms with Gasteiger partial charge in [-0.15, -0.1) is 11.8 Å². The molecule has 0 aliphatic carbocycles. The Morgan fingerprint density at radius 2 is 2.17 bits per heavy atom. The summed E-state index contributed by atoms with van der Waals surface area (Å²) in [5, 5.41) is 14.5. The Kier molecular flexibility index (Phi) is 4.06. The summed E-state index contributed by atoms with van der Waals surface area (Å²) >= 11 is 1.51. The fourth-order valence-electron chi connectivity index (χ4n) is 1.87. The number of nitrogens with one attached hydrogen (secondary N) is 1. The van der Waals surface area contributed by atoms with E-state index in [9.17, 15) is 5.26 Å². The van der Waals surface area contributed by atoms with Gasteiger partial charge in [0.1, 0.15) is 16.7 Å². The number of aromatic nitrogens is 1. The topological polar surface area (TPSA) is 48.7 Å². The molecule has 1 aromatic heterocycles. The van der Waals surface area contributed by atoms with Gasteiger partial charge in [-0.2, -0.15) is 5.26 Å². The number of nitrogens with zero attached hydrogens (tertiary/aromatic N) is 2. The van der Waals surface area contributed by atoms with Gasteiger partial charge >= 0.3 is 0 Å². The second kappa shape index (κ2) is 5.74. The van der Waals surface area contributed by atoms with Crippen molar-refractivity contribution in [2.75, 3.05) is 18.1 Å². The summed E-state index contributed by atoms with van der Waals surface area (Å²) in [4.78, 5) is 4.53. The minimum Gasteiger partial charge on any atom is -0.383 e. The van der Waals surface area contributed by atoms with E-state index in [0.717, 1.165) is 34.6 Å². The molecule has 0 atom stereocenters. The molecule has 92 valence electrons. The van der Waals surface area contributed by atoms with Crippen molar-refractivity contribution in [3.05, 3.63) is 29.8 Å². The Morgan fingerprint density at radius 3 is 2.83 bits per heavy atom. The largest absolute Gasteiger partial charge is 0.383 e. The maximum Gasteiger partial charge on any atom is 0.116 e. The van der Waals surface area contributed by atoms with E-state index in [1.54, 1.807) is 0 Å². The molecule has 0 aliphatic rings. The molecule has 1 heterocycles. The van der Waals surface area contributed by atoms with Gasteiger partial charge < -0.3 is 5.32 Å². The first-order chi connectivity index (χ1) is 8.81. The lowest BCUT2D eigenvalue weighted by atomic mass is 10.1. The van der Waals surface area contributed by atoms with E-state index in [4.69, 9.17) is 0 Å². The van der Waals surface area contributed by atoms with Gasteiger partial charge in [0.2, 0.25) is 0 Å². The highest BCUT2D eigenvalue weighted by atomic mass is 32.2. The molecule has 0 aliphatic heterocycles. The Hall–Kier alpha value is -1.73. The van der Waals surface area contributed by atoms with Crippen molar-refractivity contribution in [1.29, 1.82) is 5.26 Å².